The zero-order valence-electron chi connectivity index (χ0n) is 14.9. The van der Waals surface area contributed by atoms with Gasteiger partial charge < -0.3 is 4.42 Å². The van der Waals surface area contributed by atoms with Crippen molar-refractivity contribution in [3.63, 3.8) is 0 Å². The van der Waals surface area contributed by atoms with Crippen LogP contribution in [0.5, 0.6) is 0 Å². The molecule has 1 N–H and O–H groups in total. The van der Waals surface area contributed by atoms with E-state index < -0.39 is 10.0 Å². The number of anilines is 1. The van der Waals surface area contributed by atoms with Gasteiger partial charge >= 0.3 is 0 Å². The highest BCUT2D eigenvalue weighted by atomic mass is 32.2. The third-order valence-corrected chi connectivity index (χ3v) is 5.67. The monoisotopic (exact) mass is 378 g/mol. The topological polar surface area (TPSA) is 72.2 Å². The van der Waals surface area contributed by atoms with E-state index in [9.17, 15) is 8.42 Å². The van der Waals surface area contributed by atoms with Gasteiger partial charge in [0.15, 0.2) is 5.58 Å². The third-order valence-electron chi connectivity index (χ3n) is 4.27. The summed E-state index contributed by atoms with van der Waals surface area (Å²) in [5.41, 5.74) is 4.65. The predicted octanol–water partition coefficient (Wildman–Crippen LogP) is 4.91. The average molecular weight is 378 g/mol. The molecule has 5 nitrogen and oxygen atoms in total. The molecule has 0 radical (unpaired) electrons. The van der Waals surface area contributed by atoms with Crippen LogP contribution < -0.4 is 4.72 Å². The maximum atomic E-state index is 12.6. The lowest BCUT2D eigenvalue weighted by Crippen LogP contribution is -2.12. The first kappa shape index (κ1) is 17.3. The van der Waals surface area contributed by atoms with Crippen LogP contribution in [0.4, 0.5) is 5.69 Å². The summed E-state index contributed by atoms with van der Waals surface area (Å²) in [6.45, 7) is 3.93. The minimum absolute atomic E-state index is 0.214. The van der Waals surface area contributed by atoms with E-state index in [0.29, 0.717) is 22.7 Å². The van der Waals surface area contributed by atoms with E-state index in [1.54, 1.807) is 42.5 Å². The van der Waals surface area contributed by atoms with E-state index in [-0.39, 0.29) is 4.90 Å². The van der Waals surface area contributed by atoms with Crippen LogP contribution in [0.25, 0.3) is 22.6 Å². The molecule has 0 aliphatic heterocycles. The van der Waals surface area contributed by atoms with Crippen molar-refractivity contribution >= 4 is 26.8 Å². The van der Waals surface area contributed by atoms with Crippen LogP contribution in [0.2, 0.25) is 0 Å². The fourth-order valence-electron chi connectivity index (χ4n) is 2.74. The largest absolute Gasteiger partial charge is 0.436 e. The fraction of sp³-hybridized carbons (Fsp3) is 0.0952. The van der Waals surface area contributed by atoms with Crippen LogP contribution in [-0.2, 0) is 10.0 Å². The standard InChI is InChI=1S/C21H18N2O3S/c1-14-3-7-16(8-4-14)21-22-19-12-9-17(13-20(19)26-21)23-27(24,25)18-10-5-15(2)6-11-18/h3-13,23H,1-2H3. The molecule has 3 aromatic carbocycles. The number of oxazole rings is 1. The van der Waals surface area contributed by atoms with Crippen molar-refractivity contribution in [1.29, 1.82) is 0 Å². The van der Waals surface area contributed by atoms with Crippen molar-refractivity contribution in [1.82, 2.24) is 4.98 Å². The molecule has 0 spiro atoms. The maximum Gasteiger partial charge on any atom is 0.261 e. The van der Waals surface area contributed by atoms with Crippen LogP contribution in [0.3, 0.4) is 0 Å². The van der Waals surface area contributed by atoms with Crippen LogP contribution in [0.15, 0.2) is 76.0 Å². The molecule has 4 aromatic rings. The minimum Gasteiger partial charge on any atom is -0.436 e. The zero-order chi connectivity index (χ0) is 19.0. The van der Waals surface area contributed by atoms with Gasteiger partial charge in [-0.2, -0.15) is 0 Å². The molecule has 0 bridgehead atoms. The first-order valence-electron chi connectivity index (χ1n) is 8.48. The molecule has 1 aromatic heterocycles. The van der Waals surface area contributed by atoms with Crippen molar-refractivity contribution < 1.29 is 12.8 Å². The number of sulfonamides is 1. The van der Waals surface area contributed by atoms with Crippen LogP contribution >= 0.6 is 0 Å². The molecule has 4 rings (SSSR count). The van der Waals surface area contributed by atoms with Gasteiger partial charge in [-0.25, -0.2) is 13.4 Å². The third kappa shape index (κ3) is 3.57. The quantitative estimate of drug-likeness (QED) is 0.547. The van der Waals surface area contributed by atoms with E-state index in [4.69, 9.17) is 4.42 Å². The van der Waals surface area contributed by atoms with Gasteiger partial charge in [0.25, 0.3) is 10.0 Å². The number of hydrogen-bond acceptors (Lipinski definition) is 4. The van der Waals surface area contributed by atoms with Gasteiger partial charge in [-0.15, -0.1) is 0 Å². The number of fused-ring (bicyclic) bond motifs is 1. The Morgan fingerprint density at radius 2 is 1.48 bits per heavy atom. The number of rotatable bonds is 4. The summed E-state index contributed by atoms with van der Waals surface area (Å²) in [5, 5.41) is 0. The lowest BCUT2D eigenvalue weighted by Gasteiger charge is -2.08. The molecule has 27 heavy (non-hydrogen) atoms. The fourth-order valence-corrected chi connectivity index (χ4v) is 3.79. The van der Waals surface area contributed by atoms with Crippen LogP contribution in [0.1, 0.15) is 11.1 Å². The molecular weight excluding hydrogens is 360 g/mol. The molecule has 0 aliphatic rings. The average Bonchev–Trinajstić information content (AvgIpc) is 3.05. The Hall–Kier alpha value is -3.12. The summed E-state index contributed by atoms with van der Waals surface area (Å²) in [6.07, 6.45) is 0. The molecule has 0 saturated heterocycles. The van der Waals surface area contributed by atoms with Gasteiger partial charge in [0, 0.05) is 11.6 Å². The van der Waals surface area contributed by atoms with Crippen LogP contribution in [-0.4, -0.2) is 13.4 Å². The van der Waals surface area contributed by atoms with Crippen molar-refractivity contribution in [3.05, 3.63) is 77.9 Å². The molecule has 0 fully saturated rings. The van der Waals surface area contributed by atoms with E-state index >= 15 is 0 Å². The summed E-state index contributed by atoms with van der Waals surface area (Å²) >= 11 is 0. The zero-order valence-corrected chi connectivity index (χ0v) is 15.7. The molecule has 0 aliphatic carbocycles. The Balaban J connectivity index is 1.65. The molecule has 0 saturated carbocycles. The highest BCUT2D eigenvalue weighted by molar-refractivity contribution is 7.92. The van der Waals surface area contributed by atoms with Crippen molar-refractivity contribution in [2.75, 3.05) is 4.72 Å². The molecule has 136 valence electrons. The molecule has 6 heteroatoms. The first-order chi connectivity index (χ1) is 12.9. The normalized spacial score (nSPS) is 11.6. The Morgan fingerprint density at radius 1 is 0.852 bits per heavy atom. The second kappa shape index (κ2) is 6.55. The second-order valence-electron chi connectivity index (χ2n) is 6.49. The van der Waals surface area contributed by atoms with Crippen LogP contribution in [0, 0.1) is 13.8 Å². The number of benzene rings is 3. The molecule has 0 amide bonds. The summed E-state index contributed by atoms with van der Waals surface area (Å²) in [7, 11) is -3.66. The highest BCUT2D eigenvalue weighted by Gasteiger charge is 2.15. The van der Waals surface area contributed by atoms with Gasteiger partial charge in [-0.1, -0.05) is 35.4 Å². The van der Waals surface area contributed by atoms with Gasteiger partial charge in [-0.05, 0) is 50.2 Å². The number of nitrogens with one attached hydrogen (secondary N) is 1. The van der Waals surface area contributed by atoms with E-state index in [1.165, 1.54) is 0 Å². The minimum atomic E-state index is -3.66. The summed E-state index contributed by atoms with van der Waals surface area (Å²) < 4.78 is 33.5. The van der Waals surface area contributed by atoms with Crippen molar-refractivity contribution in [2.45, 2.75) is 18.7 Å². The lowest BCUT2D eigenvalue weighted by atomic mass is 10.1. The SMILES string of the molecule is Cc1ccc(-c2nc3ccc(NS(=O)(=O)c4ccc(C)cc4)cc3o2)cc1. The van der Waals surface area contributed by atoms with Crippen molar-refractivity contribution in [2.24, 2.45) is 0 Å². The first-order valence-corrected chi connectivity index (χ1v) is 9.96. The number of aryl methyl sites for hydroxylation is 2. The molecule has 0 unspecified atom stereocenters. The summed E-state index contributed by atoms with van der Waals surface area (Å²) in [4.78, 5) is 4.69. The van der Waals surface area contributed by atoms with E-state index in [2.05, 4.69) is 9.71 Å². The smallest absolute Gasteiger partial charge is 0.261 e. The Kier molecular flexibility index (Phi) is 4.20. The Bertz CT molecular complexity index is 1210. The molecule has 0 atom stereocenters. The highest BCUT2D eigenvalue weighted by Crippen LogP contribution is 2.27. The van der Waals surface area contributed by atoms with Gasteiger partial charge in [-0.3, -0.25) is 4.72 Å². The lowest BCUT2D eigenvalue weighted by molar-refractivity contribution is 0.601. The Labute approximate surface area is 157 Å². The predicted molar refractivity (Wildman–Crippen MR) is 106 cm³/mol. The number of hydrogen-bond donors (Lipinski definition) is 1. The Morgan fingerprint density at radius 3 is 2.15 bits per heavy atom. The molecule has 1 heterocycles. The van der Waals surface area contributed by atoms with Gasteiger partial charge in [0.1, 0.15) is 5.52 Å². The van der Waals surface area contributed by atoms with Gasteiger partial charge in [0.2, 0.25) is 5.89 Å². The maximum absolute atomic E-state index is 12.6. The number of nitrogens with zero attached hydrogens (tertiary/aromatic N) is 1. The second-order valence-corrected chi connectivity index (χ2v) is 8.17. The summed E-state index contributed by atoms with van der Waals surface area (Å²) in [5.74, 6) is 0.503. The van der Waals surface area contributed by atoms with E-state index in [1.807, 2.05) is 38.1 Å². The molecular formula is C21H18N2O3S. The number of aromatic nitrogens is 1. The van der Waals surface area contributed by atoms with Gasteiger partial charge in [0.05, 0.1) is 10.6 Å². The summed E-state index contributed by atoms with van der Waals surface area (Å²) in [6, 6.07) is 19.6. The van der Waals surface area contributed by atoms with E-state index in [0.717, 1.165) is 16.7 Å². The van der Waals surface area contributed by atoms with Crippen molar-refractivity contribution in [3.8, 4) is 11.5 Å².